The van der Waals surface area contributed by atoms with Crippen molar-refractivity contribution in [2.75, 3.05) is 38.4 Å². The van der Waals surface area contributed by atoms with Gasteiger partial charge in [-0.05, 0) is 20.8 Å². The molecule has 0 unspecified atom stereocenters. The number of nitrogen functional groups attached to an aromatic ring is 1. The third-order valence-corrected chi connectivity index (χ3v) is 5.67. The summed E-state index contributed by atoms with van der Waals surface area (Å²) in [4.78, 5) is 36.4. The molecule has 4 atom stereocenters. The first-order valence-corrected chi connectivity index (χ1v) is 10.8. The molecular formula is C21H31FN6O6. The Morgan fingerprint density at radius 3 is 2.71 bits per heavy atom. The number of rotatable bonds is 9. The molecular weight excluding hydrogens is 451 g/mol. The molecule has 34 heavy (non-hydrogen) atoms. The SMILES string of the molecule is CCC(=O)OC[C@H]1O[C@@H](n2cnc3c(NC)nc(N)nc32)[C@](C)(F)[C@@H]1OCC(C)(C)C(=O)OC. The van der Waals surface area contributed by atoms with E-state index in [9.17, 15) is 9.59 Å². The molecule has 3 heterocycles. The maximum absolute atomic E-state index is 16.4. The summed E-state index contributed by atoms with van der Waals surface area (Å²) in [6, 6.07) is 0. The van der Waals surface area contributed by atoms with Gasteiger partial charge in [-0.15, -0.1) is 0 Å². The molecule has 0 saturated carbocycles. The lowest BCUT2D eigenvalue weighted by molar-refractivity contribution is -0.160. The summed E-state index contributed by atoms with van der Waals surface area (Å²) in [5.41, 5.74) is 3.27. The maximum Gasteiger partial charge on any atom is 0.313 e. The van der Waals surface area contributed by atoms with E-state index in [1.54, 1.807) is 27.8 Å². The number of nitrogens with zero attached hydrogens (tertiary/aromatic N) is 4. The highest BCUT2D eigenvalue weighted by Crippen LogP contribution is 2.45. The third kappa shape index (κ3) is 4.75. The van der Waals surface area contributed by atoms with Gasteiger partial charge in [-0.2, -0.15) is 9.97 Å². The van der Waals surface area contributed by atoms with E-state index in [1.807, 2.05) is 0 Å². The summed E-state index contributed by atoms with van der Waals surface area (Å²) in [5, 5.41) is 2.88. The summed E-state index contributed by atoms with van der Waals surface area (Å²) >= 11 is 0. The Morgan fingerprint density at radius 2 is 2.09 bits per heavy atom. The molecule has 12 nitrogen and oxygen atoms in total. The molecule has 2 aromatic rings. The van der Waals surface area contributed by atoms with Crippen LogP contribution in [0.4, 0.5) is 16.2 Å². The number of fused-ring (bicyclic) bond motifs is 1. The van der Waals surface area contributed by atoms with Gasteiger partial charge >= 0.3 is 11.9 Å². The summed E-state index contributed by atoms with van der Waals surface area (Å²) in [5.74, 6) is -0.627. The number of hydrogen-bond donors (Lipinski definition) is 2. The van der Waals surface area contributed by atoms with Crippen LogP contribution < -0.4 is 11.1 Å². The van der Waals surface area contributed by atoms with Crippen molar-refractivity contribution in [1.29, 1.82) is 0 Å². The van der Waals surface area contributed by atoms with Crippen LogP contribution in [0.25, 0.3) is 11.2 Å². The van der Waals surface area contributed by atoms with E-state index in [0.29, 0.717) is 11.3 Å². The second kappa shape index (κ2) is 9.66. The van der Waals surface area contributed by atoms with E-state index in [0.717, 1.165) is 0 Å². The van der Waals surface area contributed by atoms with Crippen molar-refractivity contribution in [2.24, 2.45) is 5.41 Å². The minimum absolute atomic E-state index is 0.0294. The number of esters is 2. The summed E-state index contributed by atoms with van der Waals surface area (Å²) < 4.78 is 39.7. The number of methoxy groups -OCH3 is 1. The summed E-state index contributed by atoms with van der Waals surface area (Å²) in [6.45, 7) is 5.81. The Balaban J connectivity index is 1.96. The highest BCUT2D eigenvalue weighted by molar-refractivity contribution is 5.84. The molecule has 2 aromatic heterocycles. The molecule has 3 N–H and O–H groups in total. The number of carbonyl (C=O) groups excluding carboxylic acids is 2. The molecule has 1 saturated heterocycles. The topological polar surface area (TPSA) is 153 Å². The molecule has 1 aliphatic heterocycles. The third-order valence-electron chi connectivity index (χ3n) is 5.67. The molecule has 0 bridgehead atoms. The Bertz CT molecular complexity index is 1060. The van der Waals surface area contributed by atoms with Gasteiger partial charge in [-0.3, -0.25) is 14.2 Å². The highest BCUT2D eigenvalue weighted by Gasteiger charge is 2.57. The van der Waals surface area contributed by atoms with Gasteiger partial charge in [0.1, 0.15) is 18.8 Å². The number of imidazole rings is 1. The summed E-state index contributed by atoms with van der Waals surface area (Å²) in [7, 11) is 2.92. The lowest BCUT2D eigenvalue weighted by Gasteiger charge is -2.30. The molecule has 0 spiro atoms. The predicted octanol–water partition coefficient (Wildman–Crippen LogP) is 1.61. The van der Waals surface area contributed by atoms with Gasteiger partial charge in [0.15, 0.2) is 28.9 Å². The first-order chi connectivity index (χ1) is 16.0. The number of anilines is 2. The fourth-order valence-corrected chi connectivity index (χ4v) is 3.80. The van der Waals surface area contributed by atoms with E-state index in [-0.39, 0.29) is 31.2 Å². The van der Waals surface area contributed by atoms with Crippen LogP contribution in [0.2, 0.25) is 0 Å². The van der Waals surface area contributed by atoms with Crippen molar-refractivity contribution < 1.29 is 32.9 Å². The van der Waals surface area contributed by atoms with Crippen LogP contribution >= 0.6 is 0 Å². The second-order valence-corrected chi connectivity index (χ2v) is 8.83. The van der Waals surface area contributed by atoms with Crippen molar-refractivity contribution >= 4 is 34.9 Å². The first kappa shape index (κ1) is 25.6. The quantitative estimate of drug-likeness (QED) is 0.501. The largest absolute Gasteiger partial charge is 0.469 e. The molecule has 1 fully saturated rings. The van der Waals surface area contributed by atoms with Crippen LogP contribution in [0.5, 0.6) is 0 Å². The number of nitrogens with one attached hydrogen (secondary N) is 1. The van der Waals surface area contributed by atoms with Crippen LogP contribution in [0, 0.1) is 5.41 Å². The number of nitrogens with two attached hydrogens (primary N) is 1. The molecule has 0 aliphatic carbocycles. The summed E-state index contributed by atoms with van der Waals surface area (Å²) in [6.07, 6.45) is -1.87. The minimum Gasteiger partial charge on any atom is -0.469 e. The second-order valence-electron chi connectivity index (χ2n) is 8.83. The number of hydrogen-bond acceptors (Lipinski definition) is 11. The predicted molar refractivity (Wildman–Crippen MR) is 119 cm³/mol. The average Bonchev–Trinajstić information content (AvgIpc) is 3.31. The first-order valence-electron chi connectivity index (χ1n) is 10.8. The number of alkyl halides is 1. The molecule has 0 amide bonds. The molecule has 0 aromatic carbocycles. The molecule has 1 aliphatic rings. The van der Waals surface area contributed by atoms with Crippen molar-refractivity contribution in [2.45, 2.75) is 58.2 Å². The standard InChI is InChI=1S/C21H31FN6O6/c1-7-12(29)32-8-11-14(33-9-20(2,3)18(30)31-6)21(4,22)17(34-11)28-10-25-13-15(24-5)26-19(23)27-16(13)28/h10-11,14,17H,7-9H2,1-6H3,(H3,23,24,26,27)/t11-,14-,17-,21-/m1/s1. The molecule has 13 heteroatoms. The Kier molecular flexibility index (Phi) is 7.26. The molecule has 188 valence electrons. The van der Waals surface area contributed by atoms with Gasteiger partial charge in [-0.1, -0.05) is 6.92 Å². The minimum atomic E-state index is -2.14. The number of carbonyl (C=O) groups is 2. The van der Waals surface area contributed by atoms with Gasteiger partial charge in [0.2, 0.25) is 5.95 Å². The Hall–Kier alpha value is -3.06. The van der Waals surface area contributed by atoms with Gasteiger partial charge in [0.05, 0.1) is 25.5 Å². The van der Waals surface area contributed by atoms with Crippen molar-refractivity contribution in [3.8, 4) is 0 Å². The zero-order valence-corrected chi connectivity index (χ0v) is 20.1. The Labute approximate surface area is 196 Å². The van der Waals surface area contributed by atoms with Crippen LogP contribution in [0.3, 0.4) is 0 Å². The zero-order chi connectivity index (χ0) is 25.3. The fourth-order valence-electron chi connectivity index (χ4n) is 3.80. The van der Waals surface area contributed by atoms with E-state index >= 15 is 4.39 Å². The van der Waals surface area contributed by atoms with Crippen molar-refractivity contribution in [1.82, 2.24) is 19.5 Å². The highest BCUT2D eigenvalue weighted by atomic mass is 19.1. The van der Waals surface area contributed by atoms with Gasteiger partial charge in [0.25, 0.3) is 0 Å². The van der Waals surface area contributed by atoms with Gasteiger partial charge < -0.3 is 30.0 Å². The van der Waals surface area contributed by atoms with E-state index in [1.165, 1.54) is 24.9 Å². The van der Waals surface area contributed by atoms with Gasteiger partial charge in [-0.25, -0.2) is 9.37 Å². The zero-order valence-electron chi connectivity index (χ0n) is 20.1. The van der Waals surface area contributed by atoms with E-state index in [4.69, 9.17) is 24.7 Å². The Morgan fingerprint density at radius 1 is 1.38 bits per heavy atom. The number of halogens is 1. The lowest BCUT2D eigenvalue weighted by atomic mass is 9.93. The van der Waals surface area contributed by atoms with Crippen LogP contribution in [0.15, 0.2) is 6.33 Å². The number of ether oxygens (including phenoxy) is 4. The fraction of sp³-hybridized carbons (Fsp3) is 0.667. The van der Waals surface area contributed by atoms with Crippen molar-refractivity contribution in [3.63, 3.8) is 0 Å². The van der Waals surface area contributed by atoms with E-state index < -0.39 is 41.5 Å². The molecule has 0 radical (unpaired) electrons. The molecule has 3 rings (SSSR count). The van der Waals surface area contributed by atoms with Crippen molar-refractivity contribution in [3.05, 3.63) is 6.33 Å². The van der Waals surface area contributed by atoms with Crippen LogP contribution in [-0.2, 0) is 28.5 Å². The smallest absolute Gasteiger partial charge is 0.313 e. The number of aromatic nitrogens is 4. The van der Waals surface area contributed by atoms with Crippen LogP contribution in [-0.4, -0.2) is 76.7 Å². The average molecular weight is 483 g/mol. The van der Waals surface area contributed by atoms with E-state index in [2.05, 4.69) is 20.3 Å². The van der Waals surface area contributed by atoms with Gasteiger partial charge in [0, 0.05) is 13.5 Å². The van der Waals surface area contributed by atoms with Crippen LogP contribution in [0.1, 0.15) is 40.3 Å². The normalized spacial score (nSPS) is 24.9. The maximum atomic E-state index is 16.4. The monoisotopic (exact) mass is 482 g/mol. The lowest BCUT2D eigenvalue weighted by Crippen LogP contribution is -2.45.